The molecule has 0 heterocycles. The van der Waals surface area contributed by atoms with Crippen molar-refractivity contribution in [2.24, 2.45) is 0 Å². The Morgan fingerprint density at radius 2 is 1.85 bits per heavy atom. The van der Waals surface area contributed by atoms with Crippen molar-refractivity contribution in [1.29, 1.82) is 0 Å². The molecule has 0 aliphatic carbocycles. The number of carbonyl (C=O) groups is 2. The van der Waals surface area contributed by atoms with Gasteiger partial charge in [0, 0.05) is 11.3 Å². The molecule has 0 unspecified atom stereocenters. The summed E-state index contributed by atoms with van der Waals surface area (Å²) >= 11 is 1.49. The first kappa shape index (κ1) is 16.6. The number of thioether (sulfide) groups is 1. The summed E-state index contributed by atoms with van der Waals surface area (Å²) in [4.78, 5) is 24.0. The number of rotatable bonds is 7. The lowest BCUT2D eigenvalue weighted by molar-refractivity contribution is -0.143. The lowest BCUT2D eigenvalue weighted by Crippen LogP contribution is -2.08. The summed E-state index contributed by atoms with van der Waals surface area (Å²) in [5.74, 6) is -0.513. The number of hydrogen-bond acceptors (Lipinski definition) is 5. The maximum atomic E-state index is 11.8. The van der Waals surface area contributed by atoms with Crippen LogP contribution in [0.2, 0.25) is 0 Å². The van der Waals surface area contributed by atoms with E-state index in [1.54, 1.807) is 19.9 Å². The summed E-state index contributed by atoms with van der Waals surface area (Å²) in [5, 5.41) is 0. The van der Waals surface area contributed by atoms with E-state index < -0.39 is 0 Å². The topological polar surface area (TPSA) is 52.6 Å². The zero-order chi connectivity index (χ0) is 15.0. The first-order valence-corrected chi connectivity index (χ1v) is 7.84. The maximum absolute atomic E-state index is 11.8. The van der Waals surface area contributed by atoms with Crippen LogP contribution in [0.1, 0.15) is 36.2 Å². The molecule has 0 aromatic heterocycles. The average Bonchev–Trinajstić information content (AvgIpc) is 2.45. The minimum absolute atomic E-state index is 0.201. The van der Waals surface area contributed by atoms with Crippen LogP contribution >= 0.6 is 11.8 Å². The monoisotopic (exact) mass is 296 g/mol. The van der Waals surface area contributed by atoms with Gasteiger partial charge >= 0.3 is 11.9 Å². The standard InChI is InChI=1S/C15H20O4S/c1-4-18-14(16)9-7-11-6-8-12(13(10-11)20-3)15(17)19-5-2/h6,8,10H,4-5,7,9H2,1-3H3. The van der Waals surface area contributed by atoms with E-state index in [1.807, 2.05) is 18.4 Å². The molecule has 5 heteroatoms. The van der Waals surface area contributed by atoms with Crippen molar-refractivity contribution in [3.8, 4) is 0 Å². The largest absolute Gasteiger partial charge is 0.466 e. The fraction of sp³-hybridized carbons (Fsp3) is 0.467. The molecule has 0 fully saturated rings. The summed E-state index contributed by atoms with van der Waals surface area (Å²) in [5.41, 5.74) is 1.58. The second kappa shape index (κ2) is 8.64. The molecule has 0 radical (unpaired) electrons. The zero-order valence-electron chi connectivity index (χ0n) is 12.1. The summed E-state index contributed by atoms with van der Waals surface area (Å²) in [7, 11) is 0. The molecule has 20 heavy (non-hydrogen) atoms. The molecule has 0 atom stereocenters. The van der Waals surface area contributed by atoms with Gasteiger partial charge in [0.25, 0.3) is 0 Å². The van der Waals surface area contributed by atoms with E-state index >= 15 is 0 Å². The van der Waals surface area contributed by atoms with Gasteiger partial charge in [-0.15, -0.1) is 11.8 Å². The summed E-state index contributed by atoms with van der Waals surface area (Å²) in [6.07, 6.45) is 2.86. The fourth-order valence-electron chi connectivity index (χ4n) is 1.75. The SMILES string of the molecule is CCOC(=O)CCc1ccc(C(=O)OCC)c(SC)c1. The molecule has 0 amide bonds. The molecule has 0 saturated carbocycles. The molecule has 0 saturated heterocycles. The van der Waals surface area contributed by atoms with Gasteiger partial charge in [0.05, 0.1) is 18.8 Å². The first-order valence-electron chi connectivity index (χ1n) is 6.62. The molecule has 0 aliphatic rings. The Hall–Kier alpha value is -1.49. The lowest BCUT2D eigenvalue weighted by Gasteiger charge is -2.09. The van der Waals surface area contributed by atoms with Crippen molar-refractivity contribution >= 4 is 23.7 Å². The van der Waals surface area contributed by atoms with E-state index in [-0.39, 0.29) is 11.9 Å². The van der Waals surface area contributed by atoms with E-state index in [0.29, 0.717) is 31.6 Å². The highest BCUT2D eigenvalue weighted by molar-refractivity contribution is 7.98. The normalized spacial score (nSPS) is 10.2. The summed E-state index contributed by atoms with van der Waals surface area (Å²) in [6, 6.07) is 5.53. The molecular weight excluding hydrogens is 276 g/mol. The highest BCUT2D eigenvalue weighted by atomic mass is 32.2. The molecule has 0 bridgehead atoms. The van der Waals surface area contributed by atoms with Crippen LogP contribution in [0, 0.1) is 0 Å². The van der Waals surface area contributed by atoms with Gasteiger partial charge in [0.1, 0.15) is 0 Å². The van der Waals surface area contributed by atoms with Crippen molar-refractivity contribution in [3.63, 3.8) is 0 Å². The second-order valence-electron chi connectivity index (χ2n) is 4.06. The van der Waals surface area contributed by atoms with Crippen LogP contribution in [0.4, 0.5) is 0 Å². The van der Waals surface area contributed by atoms with Gasteiger partial charge in [0.15, 0.2) is 0 Å². The lowest BCUT2D eigenvalue weighted by atomic mass is 10.1. The minimum atomic E-state index is -0.311. The second-order valence-corrected chi connectivity index (χ2v) is 4.91. The molecular formula is C15H20O4S. The van der Waals surface area contributed by atoms with Crippen LogP contribution in [-0.2, 0) is 20.7 Å². The molecule has 1 rings (SSSR count). The van der Waals surface area contributed by atoms with Crippen molar-refractivity contribution in [3.05, 3.63) is 29.3 Å². The van der Waals surface area contributed by atoms with Crippen molar-refractivity contribution in [2.75, 3.05) is 19.5 Å². The average molecular weight is 296 g/mol. The highest BCUT2D eigenvalue weighted by Gasteiger charge is 2.13. The summed E-state index contributed by atoms with van der Waals surface area (Å²) in [6.45, 7) is 4.33. The molecule has 0 aliphatic heterocycles. The Bertz CT molecular complexity index is 471. The number of benzene rings is 1. The van der Waals surface area contributed by atoms with Crippen molar-refractivity contribution < 1.29 is 19.1 Å². The molecule has 4 nitrogen and oxygen atoms in total. The van der Waals surface area contributed by atoms with E-state index in [2.05, 4.69) is 0 Å². The first-order chi connectivity index (χ1) is 9.62. The minimum Gasteiger partial charge on any atom is -0.466 e. The molecule has 0 N–H and O–H groups in total. The quantitative estimate of drug-likeness (QED) is 0.571. The molecule has 1 aromatic carbocycles. The third kappa shape index (κ3) is 4.89. The van der Waals surface area contributed by atoms with Gasteiger partial charge < -0.3 is 9.47 Å². The number of ether oxygens (including phenoxy) is 2. The van der Waals surface area contributed by atoms with Crippen LogP contribution in [0.3, 0.4) is 0 Å². The Balaban J connectivity index is 2.76. The van der Waals surface area contributed by atoms with Crippen LogP contribution < -0.4 is 0 Å². The smallest absolute Gasteiger partial charge is 0.339 e. The Labute approximate surface area is 123 Å². The third-order valence-electron chi connectivity index (χ3n) is 2.68. The van der Waals surface area contributed by atoms with Crippen molar-refractivity contribution in [2.45, 2.75) is 31.6 Å². The molecule has 0 spiro atoms. The van der Waals surface area contributed by atoms with Gasteiger partial charge in [-0.3, -0.25) is 4.79 Å². The molecule has 110 valence electrons. The Morgan fingerprint density at radius 3 is 2.45 bits per heavy atom. The van der Waals surface area contributed by atoms with Gasteiger partial charge in [-0.25, -0.2) is 4.79 Å². The van der Waals surface area contributed by atoms with E-state index in [9.17, 15) is 9.59 Å². The number of hydrogen-bond donors (Lipinski definition) is 0. The molecule has 1 aromatic rings. The van der Waals surface area contributed by atoms with Gasteiger partial charge in [-0.2, -0.15) is 0 Å². The van der Waals surface area contributed by atoms with Crippen LogP contribution in [0.25, 0.3) is 0 Å². The van der Waals surface area contributed by atoms with Crippen LogP contribution in [0.15, 0.2) is 23.1 Å². The maximum Gasteiger partial charge on any atom is 0.339 e. The van der Waals surface area contributed by atoms with Crippen molar-refractivity contribution in [1.82, 2.24) is 0 Å². The summed E-state index contributed by atoms with van der Waals surface area (Å²) < 4.78 is 9.91. The van der Waals surface area contributed by atoms with Crippen LogP contribution in [-0.4, -0.2) is 31.4 Å². The number of carbonyl (C=O) groups excluding carboxylic acids is 2. The van der Waals surface area contributed by atoms with Crippen LogP contribution in [0.5, 0.6) is 0 Å². The Kier molecular flexibility index (Phi) is 7.15. The predicted octanol–water partition coefficient (Wildman–Crippen LogP) is 3.08. The highest BCUT2D eigenvalue weighted by Crippen LogP contribution is 2.23. The number of aryl methyl sites for hydroxylation is 1. The number of esters is 2. The van der Waals surface area contributed by atoms with E-state index in [1.165, 1.54) is 11.8 Å². The fourth-order valence-corrected chi connectivity index (χ4v) is 2.39. The Morgan fingerprint density at radius 1 is 1.15 bits per heavy atom. The van der Waals surface area contributed by atoms with E-state index in [4.69, 9.17) is 9.47 Å². The van der Waals surface area contributed by atoms with Gasteiger partial charge in [-0.1, -0.05) is 6.07 Å². The van der Waals surface area contributed by atoms with Gasteiger partial charge in [0.2, 0.25) is 0 Å². The van der Waals surface area contributed by atoms with E-state index in [0.717, 1.165) is 10.5 Å². The predicted molar refractivity (Wildman–Crippen MR) is 79.1 cm³/mol. The zero-order valence-corrected chi connectivity index (χ0v) is 12.9. The third-order valence-corrected chi connectivity index (χ3v) is 3.46. The van der Waals surface area contributed by atoms with Gasteiger partial charge in [-0.05, 0) is 44.2 Å².